The van der Waals surface area contributed by atoms with E-state index in [1.54, 1.807) is 18.2 Å². The highest BCUT2D eigenvalue weighted by Gasteiger charge is 2.10. The molecule has 0 aliphatic carbocycles. The molecule has 0 heterocycles. The van der Waals surface area contributed by atoms with Gasteiger partial charge in [-0.05, 0) is 19.1 Å². The molecular formula is C12H14BrNO2. The zero-order valence-corrected chi connectivity index (χ0v) is 10.7. The van der Waals surface area contributed by atoms with Crippen LogP contribution >= 0.6 is 15.9 Å². The van der Waals surface area contributed by atoms with Crippen molar-refractivity contribution in [2.24, 2.45) is 0 Å². The van der Waals surface area contributed by atoms with Gasteiger partial charge in [-0.3, -0.25) is 4.79 Å². The van der Waals surface area contributed by atoms with Crippen LogP contribution in [0.15, 0.2) is 35.3 Å². The van der Waals surface area contributed by atoms with Crippen molar-refractivity contribution in [2.75, 3.05) is 13.2 Å². The quantitative estimate of drug-likeness (QED) is 0.902. The van der Waals surface area contributed by atoms with Crippen LogP contribution in [0.2, 0.25) is 0 Å². The summed E-state index contributed by atoms with van der Waals surface area (Å²) in [7, 11) is 0. The Balaban J connectivity index is 2.77. The molecule has 0 aliphatic rings. The van der Waals surface area contributed by atoms with E-state index in [1.165, 1.54) is 0 Å². The van der Waals surface area contributed by atoms with Gasteiger partial charge in [0, 0.05) is 11.0 Å². The third-order valence-corrected chi connectivity index (χ3v) is 2.15. The SMILES string of the molecule is C=C(Br)CNC(=O)c1ccccc1OCC. The van der Waals surface area contributed by atoms with Gasteiger partial charge in [0.25, 0.3) is 5.91 Å². The van der Waals surface area contributed by atoms with Gasteiger partial charge in [0.1, 0.15) is 5.75 Å². The smallest absolute Gasteiger partial charge is 0.255 e. The number of nitrogens with one attached hydrogen (secondary N) is 1. The van der Waals surface area contributed by atoms with Crippen LogP contribution in [-0.2, 0) is 0 Å². The van der Waals surface area contributed by atoms with E-state index in [9.17, 15) is 4.79 Å². The summed E-state index contributed by atoms with van der Waals surface area (Å²) in [4.78, 5) is 11.8. The number of ether oxygens (including phenoxy) is 1. The Morgan fingerprint density at radius 3 is 2.81 bits per heavy atom. The number of para-hydroxylation sites is 1. The van der Waals surface area contributed by atoms with Crippen LogP contribution in [0, 0.1) is 0 Å². The topological polar surface area (TPSA) is 38.3 Å². The van der Waals surface area contributed by atoms with Crippen LogP contribution in [0.5, 0.6) is 5.75 Å². The first kappa shape index (κ1) is 12.8. The first-order chi connectivity index (χ1) is 7.65. The molecule has 0 fully saturated rings. The van der Waals surface area contributed by atoms with Crippen molar-refractivity contribution in [3.05, 3.63) is 40.9 Å². The van der Waals surface area contributed by atoms with Crippen LogP contribution in [0.1, 0.15) is 17.3 Å². The van der Waals surface area contributed by atoms with E-state index in [2.05, 4.69) is 27.8 Å². The third-order valence-electron chi connectivity index (χ3n) is 1.87. The second-order valence-corrected chi connectivity index (χ2v) is 4.25. The lowest BCUT2D eigenvalue weighted by atomic mass is 10.2. The Kier molecular flexibility index (Phi) is 5.05. The second kappa shape index (κ2) is 6.33. The summed E-state index contributed by atoms with van der Waals surface area (Å²) in [5.74, 6) is 0.437. The Labute approximate surface area is 104 Å². The maximum atomic E-state index is 11.8. The van der Waals surface area contributed by atoms with Crippen molar-refractivity contribution in [1.82, 2.24) is 5.32 Å². The average Bonchev–Trinajstić information content (AvgIpc) is 2.27. The van der Waals surface area contributed by atoms with E-state index in [0.717, 1.165) is 4.48 Å². The molecule has 0 unspecified atom stereocenters. The van der Waals surface area contributed by atoms with Gasteiger partial charge in [-0.2, -0.15) is 0 Å². The number of rotatable bonds is 5. The maximum Gasteiger partial charge on any atom is 0.255 e. The van der Waals surface area contributed by atoms with E-state index in [-0.39, 0.29) is 5.91 Å². The Morgan fingerprint density at radius 1 is 1.50 bits per heavy atom. The van der Waals surface area contributed by atoms with Crippen molar-refractivity contribution in [3.63, 3.8) is 0 Å². The van der Waals surface area contributed by atoms with Gasteiger partial charge in [-0.1, -0.05) is 34.6 Å². The Bertz CT molecular complexity index is 390. The van der Waals surface area contributed by atoms with Crippen molar-refractivity contribution in [3.8, 4) is 5.75 Å². The predicted octanol–water partition coefficient (Wildman–Crippen LogP) is 2.72. The van der Waals surface area contributed by atoms with Gasteiger partial charge in [-0.25, -0.2) is 0 Å². The molecule has 1 aromatic carbocycles. The normalized spacial score (nSPS) is 9.62. The minimum absolute atomic E-state index is 0.162. The number of halogens is 1. The van der Waals surface area contributed by atoms with Gasteiger partial charge in [0.15, 0.2) is 0 Å². The summed E-state index contributed by atoms with van der Waals surface area (Å²) in [6.45, 7) is 6.47. The Morgan fingerprint density at radius 2 is 2.19 bits per heavy atom. The molecule has 86 valence electrons. The molecule has 16 heavy (non-hydrogen) atoms. The summed E-state index contributed by atoms with van der Waals surface area (Å²) in [6, 6.07) is 7.16. The van der Waals surface area contributed by atoms with Crippen LogP contribution in [-0.4, -0.2) is 19.1 Å². The number of carbonyl (C=O) groups excluding carboxylic acids is 1. The monoisotopic (exact) mass is 283 g/mol. The van der Waals surface area contributed by atoms with E-state index in [1.807, 2.05) is 13.0 Å². The molecule has 1 N–H and O–H groups in total. The molecule has 4 heteroatoms. The fraction of sp³-hybridized carbons (Fsp3) is 0.250. The molecule has 0 spiro atoms. The van der Waals surface area contributed by atoms with Crippen LogP contribution in [0.3, 0.4) is 0 Å². The van der Waals surface area contributed by atoms with Crippen LogP contribution in [0.25, 0.3) is 0 Å². The number of benzene rings is 1. The minimum atomic E-state index is -0.162. The van der Waals surface area contributed by atoms with Crippen molar-refractivity contribution in [2.45, 2.75) is 6.92 Å². The molecular weight excluding hydrogens is 270 g/mol. The summed E-state index contributed by atoms with van der Waals surface area (Å²) in [5, 5.41) is 2.73. The highest BCUT2D eigenvalue weighted by atomic mass is 79.9. The highest BCUT2D eigenvalue weighted by Crippen LogP contribution is 2.17. The lowest BCUT2D eigenvalue weighted by Crippen LogP contribution is -2.24. The van der Waals surface area contributed by atoms with Crippen LogP contribution in [0.4, 0.5) is 0 Å². The first-order valence-electron chi connectivity index (χ1n) is 4.98. The molecule has 0 saturated heterocycles. The largest absolute Gasteiger partial charge is 0.493 e. The summed E-state index contributed by atoms with van der Waals surface area (Å²) in [6.07, 6.45) is 0. The molecule has 1 aromatic rings. The number of hydrogen-bond acceptors (Lipinski definition) is 2. The standard InChI is InChI=1S/C12H14BrNO2/c1-3-16-11-7-5-4-6-10(11)12(15)14-8-9(2)13/h4-7H,2-3,8H2,1H3,(H,14,15). The molecule has 1 rings (SSSR count). The lowest BCUT2D eigenvalue weighted by molar-refractivity contribution is 0.0954. The predicted molar refractivity (Wildman–Crippen MR) is 68.0 cm³/mol. The first-order valence-corrected chi connectivity index (χ1v) is 5.77. The van der Waals surface area contributed by atoms with Gasteiger partial charge in [0.05, 0.1) is 12.2 Å². The molecule has 0 radical (unpaired) electrons. The average molecular weight is 284 g/mol. The van der Waals surface area contributed by atoms with Crippen molar-refractivity contribution in [1.29, 1.82) is 0 Å². The van der Waals surface area contributed by atoms with E-state index >= 15 is 0 Å². The third kappa shape index (κ3) is 3.70. The van der Waals surface area contributed by atoms with E-state index < -0.39 is 0 Å². The molecule has 1 amide bonds. The van der Waals surface area contributed by atoms with E-state index in [4.69, 9.17) is 4.74 Å². The van der Waals surface area contributed by atoms with Crippen molar-refractivity contribution < 1.29 is 9.53 Å². The zero-order chi connectivity index (χ0) is 12.0. The lowest BCUT2D eigenvalue weighted by Gasteiger charge is -2.09. The summed E-state index contributed by atoms with van der Waals surface area (Å²) >= 11 is 3.18. The van der Waals surface area contributed by atoms with Gasteiger partial charge < -0.3 is 10.1 Å². The van der Waals surface area contributed by atoms with Gasteiger partial charge in [0.2, 0.25) is 0 Å². The number of amides is 1. The highest BCUT2D eigenvalue weighted by molar-refractivity contribution is 9.11. The molecule has 0 saturated carbocycles. The fourth-order valence-corrected chi connectivity index (χ4v) is 1.35. The minimum Gasteiger partial charge on any atom is -0.493 e. The van der Waals surface area contributed by atoms with Gasteiger partial charge in [-0.15, -0.1) is 0 Å². The van der Waals surface area contributed by atoms with Crippen LogP contribution < -0.4 is 10.1 Å². The van der Waals surface area contributed by atoms with E-state index in [0.29, 0.717) is 24.5 Å². The molecule has 3 nitrogen and oxygen atoms in total. The molecule has 0 bridgehead atoms. The number of carbonyl (C=O) groups is 1. The zero-order valence-electron chi connectivity index (χ0n) is 9.13. The van der Waals surface area contributed by atoms with Crippen molar-refractivity contribution >= 4 is 21.8 Å². The molecule has 0 aliphatic heterocycles. The number of hydrogen-bond donors (Lipinski definition) is 1. The molecule has 0 atom stereocenters. The summed E-state index contributed by atoms with van der Waals surface area (Å²) in [5.41, 5.74) is 0.540. The summed E-state index contributed by atoms with van der Waals surface area (Å²) < 4.78 is 6.10. The maximum absolute atomic E-state index is 11.8. The Hall–Kier alpha value is -1.29. The molecule has 0 aromatic heterocycles. The fourth-order valence-electron chi connectivity index (χ4n) is 1.21. The van der Waals surface area contributed by atoms with Gasteiger partial charge >= 0.3 is 0 Å². The second-order valence-electron chi connectivity index (χ2n) is 3.13.